The second-order valence-electron chi connectivity index (χ2n) is 4.02. The van der Waals surface area contributed by atoms with Gasteiger partial charge in [0.2, 0.25) is 0 Å². The molecule has 0 aliphatic carbocycles. The molecular weight excluding hydrogens is 230 g/mol. The van der Waals surface area contributed by atoms with Crippen LogP contribution >= 0.6 is 0 Å². The molecule has 18 heavy (non-hydrogen) atoms. The normalized spacial score (nSPS) is 10.3. The molecule has 1 rings (SSSR count). The van der Waals surface area contributed by atoms with Crippen molar-refractivity contribution >= 4 is 11.5 Å². The van der Waals surface area contributed by atoms with E-state index in [0.29, 0.717) is 13.2 Å². The van der Waals surface area contributed by atoms with Gasteiger partial charge in [-0.1, -0.05) is 0 Å². The highest BCUT2D eigenvalue weighted by atomic mass is 16.5. The van der Waals surface area contributed by atoms with Crippen molar-refractivity contribution in [1.82, 2.24) is 0 Å². The average molecular weight is 251 g/mol. The molecule has 0 atom stereocenters. The summed E-state index contributed by atoms with van der Waals surface area (Å²) in [4.78, 5) is 11.1. The highest BCUT2D eigenvalue weighted by Crippen LogP contribution is 2.09. The molecule has 0 aliphatic rings. The fourth-order valence-corrected chi connectivity index (χ4v) is 1.47. The molecule has 0 aliphatic heterocycles. The van der Waals surface area contributed by atoms with E-state index in [2.05, 4.69) is 5.32 Å². The lowest BCUT2D eigenvalue weighted by molar-refractivity contribution is 0.0705. The Morgan fingerprint density at radius 2 is 1.89 bits per heavy atom. The van der Waals surface area contributed by atoms with Gasteiger partial charge < -0.3 is 14.8 Å². The fourth-order valence-electron chi connectivity index (χ4n) is 1.47. The van der Waals surface area contributed by atoms with Crippen molar-refractivity contribution in [2.45, 2.75) is 13.3 Å². The number of nitrogens with one attached hydrogen (secondary N) is 1. The Bertz CT molecular complexity index is 349. The Labute approximate surface area is 108 Å². The maximum atomic E-state index is 11.1. The number of ketones is 1. The number of rotatable bonds is 9. The van der Waals surface area contributed by atoms with Crippen LogP contribution < -0.4 is 5.32 Å². The monoisotopic (exact) mass is 251 g/mol. The summed E-state index contributed by atoms with van der Waals surface area (Å²) in [6.07, 6.45) is 0.943. The molecule has 0 spiro atoms. The number of anilines is 1. The van der Waals surface area contributed by atoms with Crippen molar-refractivity contribution in [3.05, 3.63) is 29.8 Å². The Morgan fingerprint density at radius 3 is 2.50 bits per heavy atom. The van der Waals surface area contributed by atoms with Crippen LogP contribution in [0.15, 0.2) is 24.3 Å². The second kappa shape index (κ2) is 8.66. The highest BCUT2D eigenvalue weighted by molar-refractivity contribution is 5.94. The van der Waals surface area contributed by atoms with Crippen molar-refractivity contribution in [3.8, 4) is 0 Å². The number of carbonyl (C=O) groups excluding carboxylic acids is 1. The number of ether oxygens (including phenoxy) is 2. The Hall–Kier alpha value is -1.39. The lowest BCUT2D eigenvalue weighted by atomic mass is 10.1. The van der Waals surface area contributed by atoms with E-state index in [1.165, 1.54) is 0 Å². The molecule has 4 heteroatoms. The summed E-state index contributed by atoms with van der Waals surface area (Å²) in [5.41, 5.74) is 1.76. The van der Waals surface area contributed by atoms with Gasteiger partial charge in [-0.05, 0) is 37.6 Å². The molecule has 4 nitrogen and oxygen atoms in total. The van der Waals surface area contributed by atoms with Crippen molar-refractivity contribution < 1.29 is 14.3 Å². The summed E-state index contributed by atoms with van der Waals surface area (Å²) in [5.74, 6) is 0.0908. The van der Waals surface area contributed by atoms with Gasteiger partial charge in [-0.3, -0.25) is 4.79 Å². The predicted molar refractivity (Wildman–Crippen MR) is 72.2 cm³/mol. The molecule has 0 saturated heterocycles. The van der Waals surface area contributed by atoms with Gasteiger partial charge in [-0.2, -0.15) is 0 Å². The first-order chi connectivity index (χ1) is 8.74. The number of hydrogen-bond acceptors (Lipinski definition) is 4. The zero-order valence-electron chi connectivity index (χ0n) is 11.1. The summed E-state index contributed by atoms with van der Waals surface area (Å²) >= 11 is 0. The van der Waals surface area contributed by atoms with Crippen LogP contribution in [0.4, 0.5) is 5.69 Å². The Balaban J connectivity index is 2.14. The van der Waals surface area contributed by atoms with Gasteiger partial charge in [0, 0.05) is 31.5 Å². The summed E-state index contributed by atoms with van der Waals surface area (Å²) in [6, 6.07) is 7.50. The van der Waals surface area contributed by atoms with Crippen LogP contribution in [0.3, 0.4) is 0 Å². The van der Waals surface area contributed by atoms with Crippen LogP contribution in [0.25, 0.3) is 0 Å². The van der Waals surface area contributed by atoms with Crippen molar-refractivity contribution in [2.75, 3.05) is 38.8 Å². The Kier molecular flexibility index (Phi) is 7.06. The largest absolute Gasteiger partial charge is 0.385 e. The minimum absolute atomic E-state index is 0.0908. The third kappa shape index (κ3) is 5.80. The minimum atomic E-state index is 0.0908. The number of hydrogen-bond donors (Lipinski definition) is 1. The van der Waals surface area contributed by atoms with E-state index in [9.17, 15) is 4.79 Å². The predicted octanol–water partition coefficient (Wildman–Crippen LogP) is 2.35. The first kappa shape index (κ1) is 14.7. The Morgan fingerprint density at radius 1 is 1.17 bits per heavy atom. The van der Waals surface area contributed by atoms with Gasteiger partial charge in [0.15, 0.2) is 5.78 Å². The molecule has 100 valence electrons. The van der Waals surface area contributed by atoms with Crippen LogP contribution in [0.1, 0.15) is 23.7 Å². The van der Waals surface area contributed by atoms with Crippen LogP contribution in [-0.4, -0.2) is 39.3 Å². The topological polar surface area (TPSA) is 47.6 Å². The molecule has 0 radical (unpaired) electrons. The molecule has 1 N–H and O–H groups in total. The van der Waals surface area contributed by atoms with E-state index in [1.54, 1.807) is 14.0 Å². The molecule has 0 aromatic heterocycles. The van der Waals surface area contributed by atoms with E-state index in [4.69, 9.17) is 9.47 Å². The number of benzene rings is 1. The van der Waals surface area contributed by atoms with E-state index in [-0.39, 0.29) is 5.78 Å². The standard InChI is InChI=1S/C14H21NO3/c1-12(16)13-4-6-14(7-5-13)15-8-3-9-18-11-10-17-2/h4-7,15H,3,8-11H2,1-2H3. The quantitative estimate of drug-likeness (QED) is 0.540. The first-order valence-corrected chi connectivity index (χ1v) is 6.15. The minimum Gasteiger partial charge on any atom is -0.385 e. The number of methoxy groups -OCH3 is 1. The number of Topliss-reactive ketones (excluding diaryl/α,β-unsaturated/α-hetero) is 1. The molecule has 0 bridgehead atoms. The van der Waals surface area contributed by atoms with Gasteiger partial charge in [0.1, 0.15) is 0 Å². The fraction of sp³-hybridized carbons (Fsp3) is 0.500. The van der Waals surface area contributed by atoms with Gasteiger partial charge in [-0.25, -0.2) is 0 Å². The smallest absolute Gasteiger partial charge is 0.159 e. The number of carbonyl (C=O) groups is 1. The molecule has 0 saturated carbocycles. The van der Waals surface area contributed by atoms with Gasteiger partial charge >= 0.3 is 0 Å². The van der Waals surface area contributed by atoms with Gasteiger partial charge in [-0.15, -0.1) is 0 Å². The SMILES string of the molecule is COCCOCCCNc1ccc(C(C)=O)cc1. The highest BCUT2D eigenvalue weighted by Gasteiger charge is 1.98. The van der Waals surface area contributed by atoms with Crippen LogP contribution in [0.5, 0.6) is 0 Å². The van der Waals surface area contributed by atoms with E-state index < -0.39 is 0 Å². The second-order valence-corrected chi connectivity index (χ2v) is 4.02. The van der Waals surface area contributed by atoms with Crippen LogP contribution in [0, 0.1) is 0 Å². The third-order valence-electron chi connectivity index (χ3n) is 2.52. The lowest BCUT2D eigenvalue weighted by Crippen LogP contribution is -2.08. The lowest BCUT2D eigenvalue weighted by Gasteiger charge is -2.07. The summed E-state index contributed by atoms with van der Waals surface area (Å²) in [7, 11) is 1.66. The van der Waals surface area contributed by atoms with E-state index in [0.717, 1.165) is 30.8 Å². The molecule has 0 unspecified atom stereocenters. The molecule has 1 aromatic rings. The van der Waals surface area contributed by atoms with Crippen molar-refractivity contribution in [2.24, 2.45) is 0 Å². The summed E-state index contributed by atoms with van der Waals surface area (Å²) < 4.78 is 10.2. The van der Waals surface area contributed by atoms with E-state index in [1.807, 2.05) is 24.3 Å². The van der Waals surface area contributed by atoms with Crippen LogP contribution in [0.2, 0.25) is 0 Å². The molecule has 0 fully saturated rings. The molecular formula is C14H21NO3. The summed E-state index contributed by atoms with van der Waals surface area (Å²) in [6.45, 7) is 4.43. The van der Waals surface area contributed by atoms with E-state index >= 15 is 0 Å². The average Bonchev–Trinajstić information content (AvgIpc) is 2.38. The third-order valence-corrected chi connectivity index (χ3v) is 2.52. The first-order valence-electron chi connectivity index (χ1n) is 6.15. The zero-order chi connectivity index (χ0) is 13.2. The zero-order valence-corrected chi connectivity index (χ0v) is 11.1. The molecule has 1 aromatic carbocycles. The van der Waals surface area contributed by atoms with Gasteiger partial charge in [0.25, 0.3) is 0 Å². The maximum absolute atomic E-state index is 11.1. The van der Waals surface area contributed by atoms with Gasteiger partial charge in [0.05, 0.1) is 13.2 Å². The van der Waals surface area contributed by atoms with Crippen LogP contribution in [-0.2, 0) is 9.47 Å². The van der Waals surface area contributed by atoms with Crippen molar-refractivity contribution in [3.63, 3.8) is 0 Å². The molecule has 0 amide bonds. The maximum Gasteiger partial charge on any atom is 0.159 e. The summed E-state index contributed by atoms with van der Waals surface area (Å²) in [5, 5.41) is 3.28. The molecule has 0 heterocycles. The van der Waals surface area contributed by atoms with Crippen molar-refractivity contribution in [1.29, 1.82) is 0 Å².